The monoisotopic (exact) mass is 312 g/mol. The fourth-order valence-electron chi connectivity index (χ4n) is 1.99. The molecule has 2 N–H and O–H groups in total. The molecule has 1 atom stereocenters. The number of aliphatic hydroxyl groups is 1. The Balaban J connectivity index is 2.08. The van der Waals surface area contributed by atoms with Gasteiger partial charge in [-0.1, -0.05) is 18.2 Å². The van der Waals surface area contributed by atoms with Crippen molar-refractivity contribution in [2.75, 3.05) is 13.2 Å². The van der Waals surface area contributed by atoms with Crippen molar-refractivity contribution in [1.82, 2.24) is 0 Å². The van der Waals surface area contributed by atoms with Crippen molar-refractivity contribution in [2.45, 2.75) is 12.1 Å². The number of benzene rings is 2. The van der Waals surface area contributed by atoms with Crippen LogP contribution in [0.2, 0.25) is 0 Å². The molecule has 22 heavy (non-hydrogen) atoms. The number of ether oxygens (including phenoxy) is 1. The van der Waals surface area contributed by atoms with Gasteiger partial charge in [0.15, 0.2) is 0 Å². The number of phenols is 1. The summed E-state index contributed by atoms with van der Waals surface area (Å²) in [5.41, 5.74) is -0.141. The zero-order valence-electron chi connectivity index (χ0n) is 11.5. The van der Waals surface area contributed by atoms with Crippen molar-refractivity contribution in [3.05, 3.63) is 59.7 Å². The number of aliphatic hydroxyl groups excluding tert-OH is 1. The second-order valence-electron chi connectivity index (χ2n) is 4.81. The minimum Gasteiger partial charge on any atom is -0.508 e. The molecule has 1 unspecified atom stereocenters. The van der Waals surface area contributed by atoms with E-state index in [9.17, 15) is 23.4 Å². The van der Waals surface area contributed by atoms with Gasteiger partial charge in [0, 0.05) is 5.92 Å². The van der Waals surface area contributed by atoms with Crippen molar-refractivity contribution in [3.63, 3.8) is 0 Å². The van der Waals surface area contributed by atoms with Crippen LogP contribution in [0.15, 0.2) is 48.5 Å². The van der Waals surface area contributed by atoms with Crippen molar-refractivity contribution < 1.29 is 28.1 Å². The Morgan fingerprint density at radius 2 is 1.77 bits per heavy atom. The van der Waals surface area contributed by atoms with Crippen molar-refractivity contribution in [3.8, 4) is 11.5 Å². The second-order valence-corrected chi connectivity index (χ2v) is 4.81. The van der Waals surface area contributed by atoms with E-state index in [0.29, 0.717) is 5.56 Å². The lowest BCUT2D eigenvalue weighted by Crippen LogP contribution is -2.14. The molecule has 2 rings (SSSR count). The molecule has 0 heterocycles. The third-order valence-electron chi connectivity index (χ3n) is 3.17. The Hall–Kier alpha value is -2.21. The van der Waals surface area contributed by atoms with Crippen LogP contribution in [0.5, 0.6) is 11.5 Å². The SMILES string of the molecule is OCC(COc1cccc(C(F)(F)F)c1)c1cccc(O)c1. The molecule has 0 bridgehead atoms. The minimum absolute atomic E-state index is 0.00125. The normalized spacial score (nSPS) is 12.9. The predicted molar refractivity (Wildman–Crippen MR) is 74.9 cm³/mol. The molecule has 0 amide bonds. The van der Waals surface area contributed by atoms with Crippen LogP contribution >= 0.6 is 0 Å². The highest BCUT2D eigenvalue weighted by Crippen LogP contribution is 2.31. The molecule has 0 saturated heterocycles. The van der Waals surface area contributed by atoms with E-state index in [4.69, 9.17) is 4.74 Å². The zero-order valence-corrected chi connectivity index (χ0v) is 11.5. The topological polar surface area (TPSA) is 49.7 Å². The molecule has 0 aliphatic rings. The summed E-state index contributed by atoms with van der Waals surface area (Å²) in [5, 5.41) is 18.8. The average Bonchev–Trinajstić information content (AvgIpc) is 2.47. The van der Waals surface area contributed by atoms with Gasteiger partial charge in [-0.3, -0.25) is 0 Å². The molecule has 0 spiro atoms. The van der Waals surface area contributed by atoms with Gasteiger partial charge in [0.25, 0.3) is 0 Å². The second kappa shape index (κ2) is 6.70. The summed E-state index contributed by atoms with van der Waals surface area (Å²) in [6.45, 7) is -0.246. The summed E-state index contributed by atoms with van der Waals surface area (Å²) in [6, 6.07) is 10.9. The van der Waals surface area contributed by atoms with Crippen LogP contribution in [0.1, 0.15) is 17.0 Å². The van der Waals surface area contributed by atoms with E-state index in [0.717, 1.165) is 12.1 Å². The van der Waals surface area contributed by atoms with Gasteiger partial charge in [-0.05, 0) is 35.9 Å². The molecular weight excluding hydrogens is 297 g/mol. The molecule has 0 aromatic heterocycles. The van der Waals surface area contributed by atoms with Gasteiger partial charge in [-0.25, -0.2) is 0 Å². The van der Waals surface area contributed by atoms with Crippen molar-refractivity contribution in [1.29, 1.82) is 0 Å². The molecule has 0 radical (unpaired) electrons. The van der Waals surface area contributed by atoms with Crippen LogP contribution in [-0.2, 0) is 6.18 Å². The maximum Gasteiger partial charge on any atom is 0.416 e. The van der Waals surface area contributed by atoms with Gasteiger partial charge in [0.1, 0.15) is 11.5 Å². The first kappa shape index (κ1) is 16.2. The maximum atomic E-state index is 12.6. The van der Waals surface area contributed by atoms with Gasteiger partial charge < -0.3 is 14.9 Å². The number of alkyl halides is 3. The van der Waals surface area contributed by atoms with E-state index in [-0.39, 0.29) is 24.7 Å². The van der Waals surface area contributed by atoms with E-state index in [1.165, 1.54) is 24.3 Å². The van der Waals surface area contributed by atoms with Gasteiger partial charge in [0.05, 0.1) is 18.8 Å². The Labute approximate surface area is 125 Å². The number of halogens is 3. The minimum atomic E-state index is -4.43. The average molecular weight is 312 g/mol. The molecule has 0 aliphatic heterocycles. The zero-order chi connectivity index (χ0) is 16.2. The van der Waals surface area contributed by atoms with E-state index in [1.54, 1.807) is 12.1 Å². The Bertz CT molecular complexity index is 626. The van der Waals surface area contributed by atoms with Crippen LogP contribution in [0.4, 0.5) is 13.2 Å². The first-order chi connectivity index (χ1) is 10.4. The maximum absolute atomic E-state index is 12.6. The Morgan fingerprint density at radius 3 is 2.41 bits per heavy atom. The summed E-state index contributed by atoms with van der Waals surface area (Å²) < 4.78 is 43.2. The molecular formula is C16H15F3O3. The summed E-state index contributed by atoms with van der Waals surface area (Å²) in [5.74, 6) is -0.315. The van der Waals surface area contributed by atoms with Crippen LogP contribution < -0.4 is 4.74 Å². The van der Waals surface area contributed by atoms with Crippen LogP contribution in [0, 0.1) is 0 Å². The Morgan fingerprint density at radius 1 is 1.05 bits per heavy atom. The molecule has 6 heteroatoms. The molecule has 0 aliphatic carbocycles. The Kier molecular flexibility index (Phi) is 4.92. The van der Waals surface area contributed by atoms with Gasteiger partial charge >= 0.3 is 6.18 Å². The molecule has 2 aromatic carbocycles. The number of hydrogen-bond donors (Lipinski definition) is 2. The molecule has 3 nitrogen and oxygen atoms in total. The largest absolute Gasteiger partial charge is 0.508 e. The van der Waals surface area contributed by atoms with E-state index < -0.39 is 17.7 Å². The van der Waals surface area contributed by atoms with Crippen LogP contribution in [0.25, 0.3) is 0 Å². The summed E-state index contributed by atoms with van der Waals surface area (Å²) in [4.78, 5) is 0. The number of aromatic hydroxyl groups is 1. The number of hydrogen-bond acceptors (Lipinski definition) is 3. The fraction of sp³-hybridized carbons (Fsp3) is 0.250. The van der Waals surface area contributed by atoms with Crippen molar-refractivity contribution in [2.24, 2.45) is 0 Å². The summed E-state index contributed by atoms with van der Waals surface area (Å²) in [6.07, 6.45) is -4.43. The highest BCUT2D eigenvalue weighted by atomic mass is 19.4. The molecule has 118 valence electrons. The molecule has 2 aromatic rings. The summed E-state index contributed by atoms with van der Waals surface area (Å²) in [7, 11) is 0. The lowest BCUT2D eigenvalue weighted by Gasteiger charge is -2.16. The summed E-state index contributed by atoms with van der Waals surface area (Å²) >= 11 is 0. The first-order valence-electron chi connectivity index (χ1n) is 6.60. The van der Waals surface area contributed by atoms with E-state index in [2.05, 4.69) is 0 Å². The predicted octanol–water partition coefficient (Wildman–Crippen LogP) is 3.57. The highest BCUT2D eigenvalue weighted by Gasteiger charge is 2.30. The van der Waals surface area contributed by atoms with Gasteiger partial charge in [-0.15, -0.1) is 0 Å². The molecule has 0 fully saturated rings. The third-order valence-corrected chi connectivity index (χ3v) is 3.17. The van der Waals surface area contributed by atoms with E-state index >= 15 is 0 Å². The smallest absolute Gasteiger partial charge is 0.416 e. The quantitative estimate of drug-likeness (QED) is 0.887. The van der Waals surface area contributed by atoms with Crippen molar-refractivity contribution >= 4 is 0 Å². The van der Waals surface area contributed by atoms with Gasteiger partial charge in [-0.2, -0.15) is 13.2 Å². The fourth-order valence-corrected chi connectivity index (χ4v) is 1.99. The lowest BCUT2D eigenvalue weighted by molar-refractivity contribution is -0.137. The number of rotatable bonds is 5. The number of phenolic OH excluding ortho intramolecular Hbond substituents is 1. The lowest BCUT2D eigenvalue weighted by atomic mass is 10.0. The molecule has 0 saturated carbocycles. The standard InChI is InChI=1S/C16H15F3O3/c17-16(18,19)13-4-2-6-15(8-13)22-10-12(9-20)11-3-1-5-14(21)7-11/h1-8,12,20-21H,9-10H2. The van der Waals surface area contributed by atoms with Gasteiger partial charge in [0.2, 0.25) is 0 Å². The van der Waals surface area contributed by atoms with E-state index in [1.807, 2.05) is 0 Å². The third kappa shape index (κ3) is 4.14. The highest BCUT2D eigenvalue weighted by molar-refractivity contribution is 5.32. The van der Waals surface area contributed by atoms with Crippen LogP contribution in [-0.4, -0.2) is 23.4 Å². The van der Waals surface area contributed by atoms with Crippen LogP contribution in [0.3, 0.4) is 0 Å². The first-order valence-corrected chi connectivity index (χ1v) is 6.60.